The van der Waals surface area contributed by atoms with E-state index in [1.807, 2.05) is 48.5 Å². The topological polar surface area (TPSA) is 71.0 Å². The second kappa shape index (κ2) is 9.85. The van der Waals surface area contributed by atoms with Crippen molar-refractivity contribution in [3.8, 4) is 0 Å². The van der Waals surface area contributed by atoms with E-state index < -0.39 is 12.0 Å². The molecule has 3 aromatic rings. The summed E-state index contributed by atoms with van der Waals surface area (Å²) in [4.78, 5) is 24.6. The molecular weight excluding hydrogens is 366 g/mol. The molecule has 0 unspecified atom stereocenters. The number of hydrogen-bond donors (Lipinski definition) is 1. The Hall–Kier alpha value is -3.93. The van der Waals surface area contributed by atoms with Crippen molar-refractivity contribution < 1.29 is 14.3 Å². The Bertz CT molecular complexity index is 971. The van der Waals surface area contributed by atoms with Crippen molar-refractivity contribution in [3.63, 3.8) is 0 Å². The number of hydrazone groups is 1. The number of nitrogens with one attached hydrogen (secondary N) is 1. The molecule has 2 amide bonds. The highest BCUT2D eigenvalue weighted by Crippen LogP contribution is 2.17. The second-order valence-electron chi connectivity index (χ2n) is 6.03. The normalized spacial score (nSPS) is 10.5. The maximum atomic E-state index is 12.9. The van der Waals surface area contributed by atoms with Crippen LogP contribution in [-0.2, 0) is 4.74 Å². The minimum atomic E-state index is -0.424. The smallest absolute Gasteiger partial charge is 0.347 e. The van der Waals surface area contributed by atoms with Crippen LogP contribution in [-0.4, -0.2) is 24.8 Å². The third-order valence-electron chi connectivity index (χ3n) is 3.96. The zero-order chi connectivity index (χ0) is 20.5. The number of para-hydroxylation sites is 1. The maximum Gasteiger partial charge on any atom is 0.347 e. The first kappa shape index (κ1) is 19.8. The molecule has 3 aromatic carbocycles. The number of esters is 1. The molecule has 0 saturated heterocycles. The highest BCUT2D eigenvalue weighted by atomic mass is 16.5. The summed E-state index contributed by atoms with van der Waals surface area (Å²) in [6.45, 7) is 2.06. The lowest BCUT2D eigenvalue weighted by molar-refractivity contribution is 0.0526. The Labute approximate surface area is 169 Å². The SMILES string of the molecule is CCOC(=O)c1ccc(NC(=O)N(/N=C/c2ccccc2)c2ccccc2)cc1. The molecule has 6 nitrogen and oxygen atoms in total. The third-order valence-corrected chi connectivity index (χ3v) is 3.96. The van der Waals surface area contributed by atoms with Gasteiger partial charge < -0.3 is 10.1 Å². The molecule has 0 atom stereocenters. The van der Waals surface area contributed by atoms with Gasteiger partial charge in [-0.1, -0.05) is 48.5 Å². The zero-order valence-corrected chi connectivity index (χ0v) is 16.0. The summed E-state index contributed by atoms with van der Waals surface area (Å²) in [5, 5.41) is 8.43. The Balaban J connectivity index is 1.78. The van der Waals surface area contributed by atoms with Crippen LogP contribution in [0.25, 0.3) is 0 Å². The minimum Gasteiger partial charge on any atom is -0.462 e. The monoisotopic (exact) mass is 387 g/mol. The van der Waals surface area contributed by atoms with Gasteiger partial charge in [-0.3, -0.25) is 0 Å². The van der Waals surface area contributed by atoms with Crippen LogP contribution < -0.4 is 10.3 Å². The molecule has 29 heavy (non-hydrogen) atoms. The van der Waals surface area contributed by atoms with Crippen LogP contribution in [0, 0.1) is 0 Å². The molecular formula is C23H21N3O3. The number of amides is 2. The average molecular weight is 387 g/mol. The van der Waals surface area contributed by atoms with Gasteiger partial charge in [0.15, 0.2) is 0 Å². The molecule has 0 heterocycles. The van der Waals surface area contributed by atoms with E-state index in [1.165, 1.54) is 5.01 Å². The van der Waals surface area contributed by atoms with Crippen molar-refractivity contribution in [3.05, 3.63) is 96.1 Å². The van der Waals surface area contributed by atoms with E-state index in [9.17, 15) is 9.59 Å². The van der Waals surface area contributed by atoms with Crippen molar-refractivity contribution in [2.45, 2.75) is 6.92 Å². The number of carbonyl (C=O) groups excluding carboxylic acids is 2. The fourth-order valence-electron chi connectivity index (χ4n) is 2.55. The van der Waals surface area contributed by atoms with Gasteiger partial charge >= 0.3 is 12.0 Å². The van der Waals surface area contributed by atoms with E-state index >= 15 is 0 Å². The predicted octanol–water partition coefficient (Wildman–Crippen LogP) is 4.94. The number of benzene rings is 3. The summed E-state index contributed by atoms with van der Waals surface area (Å²) < 4.78 is 4.97. The lowest BCUT2D eigenvalue weighted by Crippen LogP contribution is -2.30. The van der Waals surface area contributed by atoms with Crippen molar-refractivity contribution in [1.82, 2.24) is 0 Å². The summed E-state index contributed by atoms with van der Waals surface area (Å²) in [6.07, 6.45) is 1.62. The van der Waals surface area contributed by atoms with Crippen LogP contribution in [0.1, 0.15) is 22.8 Å². The summed E-state index contributed by atoms with van der Waals surface area (Å²) in [5.74, 6) is -0.399. The van der Waals surface area contributed by atoms with E-state index in [-0.39, 0.29) is 0 Å². The number of rotatable bonds is 6. The molecule has 0 aromatic heterocycles. The Kier molecular flexibility index (Phi) is 6.73. The van der Waals surface area contributed by atoms with Crippen LogP contribution in [0.3, 0.4) is 0 Å². The molecule has 0 saturated carbocycles. The van der Waals surface area contributed by atoms with E-state index in [0.29, 0.717) is 23.5 Å². The van der Waals surface area contributed by atoms with Gasteiger partial charge in [-0.25, -0.2) is 9.59 Å². The molecule has 6 heteroatoms. The Morgan fingerprint density at radius 1 is 0.931 bits per heavy atom. The van der Waals surface area contributed by atoms with Gasteiger partial charge in [0.25, 0.3) is 0 Å². The van der Waals surface area contributed by atoms with Crippen LogP contribution in [0.5, 0.6) is 0 Å². The fourth-order valence-corrected chi connectivity index (χ4v) is 2.55. The highest BCUT2D eigenvalue weighted by molar-refractivity contribution is 6.02. The average Bonchev–Trinajstić information content (AvgIpc) is 2.76. The van der Waals surface area contributed by atoms with Gasteiger partial charge in [0, 0.05) is 5.69 Å². The summed E-state index contributed by atoms with van der Waals surface area (Å²) in [7, 11) is 0. The molecule has 0 radical (unpaired) electrons. The van der Waals surface area contributed by atoms with Crippen molar-refractivity contribution in [1.29, 1.82) is 0 Å². The van der Waals surface area contributed by atoms with E-state index in [4.69, 9.17) is 4.74 Å². The number of anilines is 2. The van der Waals surface area contributed by atoms with Crippen LogP contribution >= 0.6 is 0 Å². The number of urea groups is 1. The Morgan fingerprint density at radius 3 is 2.17 bits per heavy atom. The minimum absolute atomic E-state index is 0.308. The van der Waals surface area contributed by atoms with E-state index in [2.05, 4.69) is 10.4 Å². The number of carbonyl (C=O) groups is 2. The fraction of sp³-hybridized carbons (Fsp3) is 0.0870. The van der Waals surface area contributed by atoms with Crippen LogP contribution in [0.15, 0.2) is 90.0 Å². The number of nitrogens with zero attached hydrogens (tertiary/aromatic N) is 2. The largest absolute Gasteiger partial charge is 0.462 e. The molecule has 146 valence electrons. The first-order chi connectivity index (χ1) is 14.2. The number of ether oxygens (including phenoxy) is 1. The lowest BCUT2D eigenvalue weighted by Gasteiger charge is -2.18. The third kappa shape index (κ3) is 5.52. The quantitative estimate of drug-likeness (QED) is 0.370. The lowest BCUT2D eigenvalue weighted by atomic mass is 10.2. The van der Waals surface area contributed by atoms with Gasteiger partial charge in [-0.2, -0.15) is 10.1 Å². The molecule has 0 fully saturated rings. The van der Waals surface area contributed by atoms with Gasteiger partial charge in [0.05, 0.1) is 24.1 Å². The predicted molar refractivity (Wildman–Crippen MR) is 114 cm³/mol. The maximum absolute atomic E-state index is 12.9. The van der Waals surface area contributed by atoms with Crippen molar-refractivity contribution in [2.24, 2.45) is 5.10 Å². The van der Waals surface area contributed by atoms with Crippen molar-refractivity contribution >= 4 is 29.6 Å². The number of hydrogen-bond acceptors (Lipinski definition) is 4. The van der Waals surface area contributed by atoms with Crippen molar-refractivity contribution in [2.75, 3.05) is 16.9 Å². The first-order valence-corrected chi connectivity index (χ1v) is 9.19. The second-order valence-corrected chi connectivity index (χ2v) is 6.03. The van der Waals surface area contributed by atoms with Gasteiger partial charge in [0.1, 0.15) is 0 Å². The summed E-state index contributed by atoms with van der Waals surface area (Å²) >= 11 is 0. The summed E-state index contributed by atoms with van der Waals surface area (Å²) in [5.41, 5.74) is 2.46. The Morgan fingerprint density at radius 2 is 1.55 bits per heavy atom. The molecule has 0 bridgehead atoms. The van der Waals surface area contributed by atoms with Gasteiger partial charge in [-0.05, 0) is 48.9 Å². The van der Waals surface area contributed by atoms with Gasteiger partial charge in [-0.15, -0.1) is 0 Å². The van der Waals surface area contributed by atoms with Crippen LogP contribution in [0.2, 0.25) is 0 Å². The molecule has 1 N–H and O–H groups in total. The van der Waals surface area contributed by atoms with E-state index in [0.717, 1.165) is 5.56 Å². The molecule has 0 aliphatic carbocycles. The van der Waals surface area contributed by atoms with Gasteiger partial charge in [0.2, 0.25) is 0 Å². The first-order valence-electron chi connectivity index (χ1n) is 9.19. The summed E-state index contributed by atoms with van der Waals surface area (Å²) in [6, 6.07) is 24.7. The van der Waals surface area contributed by atoms with E-state index in [1.54, 1.807) is 49.5 Å². The zero-order valence-electron chi connectivity index (χ0n) is 16.0. The molecule has 0 aliphatic rings. The standard InChI is InChI=1S/C23H21N3O3/c1-2-29-22(27)19-13-15-20(16-14-19)25-23(28)26(21-11-7-4-8-12-21)24-17-18-9-5-3-6-10-18/h3-17H,2H2,1H3,(H,25,28)/b24-17+. The molecule has 0 spiro atoms. The molecule has 0 aliphatic heterocycles. The van der Waals surface area contributed by atoms with Crippen LogP contribution in [0.4, 0.5) is 16.2 Å². The molecule has 3 rings (SSSR count). The highest BCUT2D eigenvalue weighted by Gasteiger charge is 2.15.